The van der Waals surface area contributed by atoms with E-state index in [1.807, 2.05) is 6.92 Å². The normalized spacial score (nSPS) is 12.0. The molecule has 0 aliphatic rings. The number of rotatable bonds is 0. The summed E-state index contributed by atoms with van der Waals surface area (Å²) >= 11 is 0. The van der Waals surface area contributed by atoms with E-state index in [2.05, 4.69) is 25.8 Å². The lowest BCUT2D eigenvalue weighted by molar-refractivity contribution is 0.567. The van der Waals surface area contributed by atoms with Crippen LogP contribution in [-0.2, 0) is 5.41 Å². The van der Waals surface area contributed by atoms with Gasteiger partial charge in [-0.2, -0.15) is 0 Å². The van der Waals surface area contributed by atoms with Crippen LogP contribution in [0.2, 0.25) is 0 Å². The maximum absolute atomic E-state index is 5.59. The Labute approximate surface area is 67.2 Å². The topological polar surface area (TPSA) is 43.8 Å². The predicted octanol–water partition coefficient (Wildman–Crippen LogP) is 1.20. The number of hydrogen-bond acceptors (Lipinski definition) is 2. The lowest BCUT2D eigenvalue weighted by Crippen LogP contribution is -2.16. The van der Waals surface area contributed by atoms with E-state index >= 15 is 0 Å². The summed E-state index contributed by atoms with van der Waals surface area (Å²) in [6.07, 6.45) is 1.65. The number of nitrogens with two attached hydrogens (primary N) is 1. The number of aromatic nitrogens is 2. The Morgan fingerprint density at radius 3 is 2.18 bits per heavy atom. The van der Waals surface area contributed by atoms with Gasteiger partial charge in [-0.1, -0.05) is 20.8 Å². The second-order valence-corrected chi connectivity index (χ2v) is 3.84. The molecule has 0 aliphatic carbocycles. The summed E-state index contributed by atoms with van der Waals surface area (Å²) in [7, 11) is 0. The monoisotopic (exact) mass is 153 g/mol. The Balaban J connectivity index is 3.15. The van der Waals surface area contributed by atoms with Crippen molar-refractivity contribution in [2.45, 2.75) is 33.1 Å². The molecule has 0 saturated heterocycles. The van der Waals surface area contributed by atoms with Crippen molar-refractivity contribution >= 4 is 0 Å². The highest BCUT2D eigenvalue weighted by atomic mass is 15.3. The van der Waals surface area contributed by atoms with Crippen molar-refractivity contribution in [3.05, 3.63) is 17.7 Å². The summed E-state index contributed by atoms with van der Waals surface area (Å²) in [6.45, 7) is 8.36. The summed E-state index contributed by atoms with van der Waals surface area (Å²) in [5.74, 6) is 5.59. The molecule has 0 aromatic carbocycles. The van der Waals surface area contributed by atoms with Gasteiger partial charge in [-0.3, -0.25) is 4.68 Å². The maximum Gasteiger partial charge on any atom is 0.114 e. The third-order valence-electron chi connectivity index (χ3n) is 1.75. The van der Waals surface area contributed by atoms with Crippen molar-refractivity contribution in [2.24, 2.45) is 0 Å². The summed E-state index contributed by atoms with van der Waals surface area (Å²) in [5, 5.41) is 0. The molecule has 1 heterocycles. The minimum Gasteiger partial charge on any atom is -0.338 e. The van der Waals surface area contributed by atoms with Crippen molar-refractivity contribution < 1.29 is 0 Å². The van der Waals surface area contributed by atoms with Crippen molar-refractivity contribution in [2.75, 3.05) is 5.84 Å². The number of hydrogen-bond donors (Lipinski definition) is 1. The third-order valence-corrected chi connectivity index (χ3v) is 1.75. The van der Waals surface area contributed by atoms with Gasteiger partial charge in [0.25, 0.3) is 0 Å². The molecule has 1 aromatic rings. The van der Waals surface area contributed by atoms with Gasteiger partial charge in [-0.25, -0.2) is 4.98 Å². The molecule has 0 bridgehead atoms. The van der Waals surface area contributed by atoms with E-state index in [1.54, 1.807) is 11.0 Å². The van der Waals surface area contributed by atoms with Crippen molar-refractivity contribution in [3.8, 4) is 0 Å². The Kier molecular flexibility index (Phi) is 1.66. The standard InChI is InChI=1S/C8H15N3/c1-6-7(8(2,3)4)10-5-11(6)9/h5H,9H2,1-4H3. The van der Waals surface area contributed by atoms with Crippen LogP contribution in [0.5, 0.6) is 0 Å². The zero-order valence-corrected chi connectivity index (χ0v) is 7.55. The summed E-state index contributed by atoms with van der Waals surface area (Å²) in [6, 6.07) is 0. The summed E-state index contributed by atoms with van der Waals surface area (Å²) < 4.78 is 1.56. The van der Waals surface area contributed by atoms with Crippen LogP contribution < -0.4 is 5.84 Å². The lowest BCUT2D eigenvalue weighted by atomic mass is 9.91. The molecule has 62 valence electrons. The minimum atomic E-state index is 0.0920. The van der Waals surface area contributed by atoms with E-state index < -0.39 is 0 Å². The quantitative estimate of drug-likeness (QED) is 0.569. The van der Waals surface area contributed by atoms with Gasteiger partial charge in [0.1, 0.15) is 6.33 Å². The molecule has 0 spiro atoms. The van der Waals surface area contributed by atoms with E-state index in [0.717, 1.165) is 11.4 Å². The van der Waals surface area contributed by atoms with Gasteiger partial charge >= 0.3 is 0 Å². The molecule has 11 heavy (non-hydrogen) atoms. The fourth-order valence-electron chi connectivity index (χ4n) is 1.16. The molecule has 2 N–H and O–H groups in total. The molecule has 3 heteroatoms. The first-order valence-electron chi connectivity index (χ1n) is 3.72. The molecule has 0 amide bonds. The number of nitrogen functional groups attached to an aromatic ring is 1. The molecule has 0 atom stereocenters. The highest BCUT2D eigenvalue weighted by Crippen LogP contribution is 2.22. The van der Waals surface area contributed by atoms with Crippen molar-refractivity contribution in [3.63, 3.8) is 0 Å². The molecular formula is C8H15N3. The maximum atomic E-state index is 5.59. The Morgan fingerprint density at radius 1 is 1.45 bits per heavy atom. The van der Waals surface area contributed by atoms with E-state index in [1.165, 1.54) is 0 Å². The zero-order valence-electron chi connectivity index (χ0n) is 7.55. The Morgan fingerprint density at radius 2 is 2.00 bits per heavy atom. The average Bonchev–Trinajstić information content (AvgIpc) is 2.11. The summed E-state index contributed by atoms with van der Waals surface area (Å²) in [5.41, 5.74) is 2.20. The van der Waals surface area contributed by atoms with Crippen LogP contribution in [0.3, 0.4) is 0 Å². The first-order valence-corrected chi connectivity index (χ1v) is 3.72. The van der Waals surface area contributed by atoms with Gasteiger partial charge in [0.05, 0.1) is 11.4 Å². The molecule has 3 nitrogen and oxygen atoms in total. The number of imidazole rings is 1. The van der Waals surface area contributed by atoms with Crippen LogP contribution >= 0.6 is 0 Å². The second kappa shape index (κ2) is 2.26. The van der Waals surface area contributed by atoms with Gasteiger partial charge in [0, 0.05) is 5.41 Å². The van der Waals surface area contributed by atoms with E-state index in [0.29, 0.717) is 0 Å². The Bertz CT molecular complexity index is 255. The van der Waals surface area contributed by atoms with Crippen LogP contribution in [0.25, 0.3) is 0 Å². The SMILES string of the molecule is Cc1c(C(C)(C)C)ncn1N. The number of nitrogens with zero attached hydrogens (tertiary/aromatic N) is 2. The Hall–Kier alpha value is -0.990. The van der Waals surface area contributed by atoms with Gasteiger partial charge < -0.3 is 5.84 Å². The smallest absolute Gasteiger partial charge is 0.114 e. The van der Waals surface area contributed by atoms with E-state index in [9.17, 15) is 0 Å². The minimum absolute atomic E-state index is 0.0920. The highest BCUT2D eigenvalue weighted by Gasteiger charge is 2.19. The van der Waals surface area contributed by atoms with Gasteiger partial charge in [0.15, 0.2) is 0 Å². The van der Waals surface area contributed by atoms with Crippen LogP contribution in [0.1, 0.15) is 32.2 Å². The van der Waals surface area contributed by atoms with Crippen LogP contribution in [0, 0.1) is 6.92 Å². The van der Waals surface area contributed by atoms with Gasteiger partial charge in [-0.15, -0.1) is 0 Å². The molecular weight excluding hydrogens is 138 g/mol. The summed E-state index contributed by atoms with van der Waals surface area (Å²) in [4.78, 5) is 4.22. The van der Waals surface area contributed by atoms with Crippen LogP contribution in [0.4, 0.5) is 0 Å². The fraction of sp³-hybridized carbons (Fsp3) is 0.625. The second-order valence-electron chi connectivity index (χ2n) is 3.84. The molecule has 0 radical (unpaired) electrons. The molecule has 0 unspecified atom stereocenters. The molecule has 1 aromatic heterocycles. The molecule has 0 fully saturated rings. The fourth-order valence-corrected chi connectivity index (χ4v) is 1.16. The largest absolute Gasteiger partial charge is 0.338 e. The van der Waals surface area contributed by atoms with Crippen LogP contribution in [-0.4, -0.2) is 9.66 Å². The molecule has 1 rings (SSSR count). The van der Waals surface area contributed by atoms with Gasteiger partial charge in [0.2, 0.25) is 0 Å². The first kappa shape index (κ1) is 8.11. The predicted molar refractivity (Wildman–Crippen MR) is 45.8 cm³/mol. The van der Waals surface area contributed by atoms with E-state index in [4.69, 9.17) is 5.84 Å². The van der Waals surface area contributed by atoms with E-state index in [-0.39, 0.29) is 5.41 Å². The highest BCUT2D eigenvalue weighted by molar-refractivity contribution is 5.19. The third kappa shape index (κ3) is 1.37. The average molecular weight is 153 g/mol. The first-order chi connectivity index (χ1) is 4.93. The molecule has 0 aliphatic heterocycles. The van der Waals surface area contributed by atoms with Gasteiger partial charge in [-0.05, 0) is 6.92 Å². The molecule has 0 saturated carbocycles. The zero-order chi connectivity index (χ0) is 8.65. The van der Waals surface area contributed by atoms with Crippen molar-refractivity contribution in [1.82, 2.24) is 9.66 Å². The van der Waals surface area contributed by atoms with Crippen molar-refractivity contribution in [1.29, 1.82) is 0 Å². The lowest BCUT2D eigenvalue weighted by Gasteiger charge is -2.16. The van der Waals surface area contributed by atoms with Crippen LogP contribution in [0.15, 0.2) is 6.33 Å².